The first kappa shape index (κ1) is 13.1. The maximum Gasteiger partial charge on any atom is 0.253 e. The first-order valence-corrected chi connectivity index (χ1v) is 7.08. The van der Waals surface area contributed by atoms with E-state index in [0.717, 1.165) is 42.4 Å². The van der Waals surface area contributed by atoms with Crippen LogP contribution in [0.4, 0.5) is 0 Å². The maximum atomic E-state index is 12.6. The second kappa shape index (κ2) is 5.59. The molecule has 1 N–H and O–H groups in total. The molecule has 0 unspecified atom stereocenters. The number of hydrogen-bond donors (Lipinski definition) is 1. The zero-order valence-corrected chi connectivity index (χ0v) is 11.7. The minimum absolute atomic E-state index is 0.0997. The summed E-state index contributed by atoms with van der Waals surface area (Å²) in [5.74, 6) is 0.0997. The van der Waals surface area contributed by atoms with Crippen molar-refractivity contribution in [1.82, 2.24) is 15.2 Å². The Bertz CT molecular complexity index is 620. The fourth-order valence-electron chi connectivity index (χ4n) is 2.77. The largest absolute Gasteiger partial charge is 0.339 e. The highest BCUT2D eigenvalue weighted by atomic mass is 16.2. The van der Waals surface area contributed by atoms with E-state index in [9.17, 15) is 4.79 Å². The number of rotatable bonds is 2. The van der Waals surface area contributed by atoms with Crippen LogP contribution >= 0.6 is 0 Å². The lowest BCUT2D eigenvalue weighted by Gasteiger charge is -2.31. The highest BCUT2D eigenvalue weighted by Gasteiger charge is 2.22. The minimum Gasteiger partial charge on any atom is -0.339 e. The third kappa shape index (κ3) is 2.51. The third-order valence-corrected chi connectivity index (χ3v) is 4.03. The van der Waals surface area contributed by atoms with Crippen LogP contribution in [0.25, 0.3) is 10.9 Å². The van der Waals surface area contributed by atoms with Crippen LogP contribution in [0.15, 0.2) is 36.5 Å². The molecule has 0 aliphatic carbocycles. The smallest absolute Gasteiger partial charge is 0.253 e. The summed E-state index contributed by atoms with van der Waals surface area (Å²) in [5.41, 5.74) is 1.67. The summed E-state index contributed by atoms with van der Waals surface area (Å²) in [6, 6.07) is 9.95. The number of nitrogens with zero attached hydrogens (tertiary/aromatic N) is 2. The standard InChI is InChI=1S/C16H19N3O/c1-19(14-6-9-17-10-7-14)16(20)13-4-5-15-12(11-13)3-2-8-18-15/h2-5,8,11,14,17H,6-7,9-10H2,1H3. The Balaban J connectivity index is 1.83. The van der Waals surface area contributed by atoms with Gasteiger partial charge >= 0.3 is 0 Å². The van der Waals surface area contributed by atoms with E-state index in [1.54, 1.807) is 6.20 Å². The number of piperidine rings is 1. The lowest BCUT2D eigenvalue weighted by atomic mass is 10.0. The first-order valence-electron chi connectivity index (χ1n) is 7.08. The van der Waals surface area contributed by atoms with Crippen LogP contribution in [0.1, 0.15) is 23.2 Å². The van der Waals surface area contributed by atoms with E-state index >= 15 is 0 Å². The van der Waals surface area contributed by atoms with Crippen molar-refractivity contribution in [2.24, 2.45) is 0 Å². The number of fused-ring (bicyclic) bond motifs is 1. The number of aromatic nitrogens is 1. The Kier molecular flexibility index (Phi) is 3.65. The number of pyridine rings is 1. The molecule has 0 radical (unpaired) electrons. The van der Waals surface area contributed by atoms with Gasteiger partial charge in [-0.3, -0.25) is 9.78 Å². The van der Waals surface area contributed by atoms with Crippen molar-refractivity contribution in [3.8, 4) is 0 Å². The molecule has 2 aromatic rings. The predicted molar refractivity (Wildman–Crippen MR) is 79.7 cm³/mol. The summed E-state index contributed by atoms with van der Waals surface area (Å²) in [4.78, 5) is 18.7. The minimum atomic E-state index is 0.0997. The fourth-order valence-corrected chi connectivity index (χ4v) is 2.77. The van der Waals surface area contributed by atoms with Gasteiger partial charge in [0.1, 0.15) is 0 Å². The zero-order valence-electron chi connectivity index (χ0n) is 11.7. The number of nitrogens with one attached hydrogen (secondary N) is 1. The molecule has 0 saturated carbocycles. The highest BCUT2D eigenvalue weighted by Crippen LogP contribution is 2.17. The van der Waals surface area contributed by atoms with Gasteiger partial charge in [-0.1, -0.05) is 6.07 Å². The van der Waals surface area contributed by atoms with E-state index in [0.29, 0.717) is 6.04 Å². The van der Waals surface area contributed by atoms with Crippen molar-refractivity contribution in [3.63, 3.8) is 0 Å². The van der Waals surface area contributed by atoms with E-state index in [2.05, 4.69) is 10.3 Å². The summed E-state index contributed by atoms with van der Waals surface area (Å²) in [5, 5.41) is 4.34. The maximum absolute atomic E-state index is 12.6. The Morgan fingerprint density at radius 3 is 2.90 bits per heavy atom. The van der Waals surface area contributed by atoms with Gasteiger partial charge in [0.2, 0.25) is 0 Å². The van der Waals surface area contributed by atoms with Crippen LogP contribution < -0.4 is 5.32 Å². The molecule has 1 aromatic carbocycles. The van der Waals surface area contributed by atoms with Gasteiger partial charge in [-0.25, -0.2) is 0 Å². The van der Waals surface area contributed by atoms with Crippen LogP contribution in [0.5, 0.6) is 0 Å². The molecule has 1 aromatic heterocycles. The topological polar surface area (TPSA) is 45.2 Å². The second-order valence-corrected chi connectivity index (χ2v) is 5.31. The molecule has 0 spiro atoms. The average Bonchev–Trinajstić information content (AvgIpc) is 2.54. The molecule has 3 rings (SSSR count). The van der Waals surface area contributed by atoms with Crippen molar-refractivity contribution in [2.45, 2.75) is 18.9 Å². The van der Waals surface area contributed by atoms with E-state index in [4.69, 9.17) is 0 Å². The normalized spacial score (nSPS) is 16.2. The fraction of sp³-hybridized carbons (Fsp3) is 0.375. The first-order chi connectivity index (χ1) is 9.75. The highest BCUT2D eigenvalue weighted by molar-refractivity contribution is 5.97. The molecule has 1 aliphatic rings. The number of hydrogen-bond acceptors (Lipinski definition) is 3. The molecule has 1 amide bonds. The van der Waals surface area contributed by atoms with Crippen molar-refractivity contribution < 1.29 is 4.79 Å². The Labute approximate surface area is 118 Å². The SMILES string of the molecule is CN(C(=O)c1ccc2ncccc2c1)C1CCNCC1. The molecule has 4 heteroatoms. The summed E-state index contributed by atoms with van der Waals surface area (Å²) in [6.45, 7) is 1.98. The van der Waals surface area contributed by atoms with E-state index in [1.165, 1.54) is 0 Å². The van der Waals surface area contributed by atoms with Crippen molar-refractivity contribution in [3.05, 3.63) is 42.1 Å². The lowest BCUT2D eigenvalue weighted by molar-refractivity contribution is 0.0703. The number of amides is 1. The summed E-state index contributed by atoms with van der Waals surface area (Å²) in [6.07, 6.45) is 3.82. The van der Waals surface area contributed by atoms with Gasteiger partial charge in [0.25, 0.3) is 5.91 Å². The van der Waals surface area contributed by atoms with Crippen LogP contribution in [0.2, 0.25) is 0 Å². The van der Waals surface area contributed by atoms with Gasteiger partial charge in [0.05, 0.1) is 5.52 Å². The Hall–Kier alpha value is -1.94. The average molecular weight is 269 g/mol. The van der Waals surface area contributed by atoms with Crippen LogP contribution in [-0.2, 0) is 0 Å². The van der Waals surface area contributed by atoms with Crippen LogP contribution in [-0.4, -0.2) is 42.0 Å². The van der Waals surface area contributed by atoms with Gasteiger partial charge < -0.3 is 10.2 Å². The van der Waals surface area contributed by atoms with Crippen molar-refractivity contribution >= 4 is 16.8 Å². The zero-order chi connectivity index (χ0) is 13.9. The van der Waals surface area contributed by atoms with Crippen LogP contribution in [0.3, 0.4) is 0 Å². The van der Waals surface area contributed by atoms with E-state index in [1.807, 2.05) is 42.3 Å². The van der Waals surface area contributed by atoms with Crippen molar-refractivity contribution in [2.75, 3.05) is 20.1 Å². The molecular weight excluding hydrogens is 250 g/mol. The second-order valence-electron chi connectivity index (χ2n) is 5.31. The van der Waals surface area contributed by atoms with Gasteiger partial charge in [-0.05, 0) is 50.2 Å². The molecule has 20 heavy (non-hydrogen) atoms. The molecule has 4 nitrogen and oxygen atoms in total. The third-order valence-electron chi connectivity index (χ3n) is 4.03. The van der Waals surface area contributed by atoms with Gasteiger partial charge in [0.15, 0.2) is 0 Å². The molecule has 1 saturated heterocycles. The molecule has 104 valence electrons. The Morgan fingerprint density at radius 1 is 1.30 bits per heavy atom. The van der Waals surface area contributed by atoms with Crippen molar-refractivity contribution in [1.29, 1.82) is 0 Å². The molecule has 2 heterocycles. The molecule has 1 aliphatic heterocycles. The Morgan fingerprint density at radius 2 is 2.10 bits per heavy atom. The van der Waals surface area contributed by atoms with Gasteiger partial charge in [-0.2, -0.15) is 0 Å². The van der Waals surface area contributed by atoms with Crippen LogP contribution in [0, 0.1) is 0 Å². The van der Waals surface area contributed by atoms with E-state index < -0.39 is 0 Å². The van der Waals surface area contributed by atoms with Gasteiger partial charge in [-0.15, -0.1) is 0 Å². The monoisotopic (exact) mass is 269 g/mol. The molecule has 0 bridgehead atoms. The summed E-state index contributed by atoms with van der Waals surface area (Å²) < 4.78 is 0. The van der Waals surface area contributed by atoms with Gasteiger partial charge in [0, 0.05) is 30.2 Å². The van der Waals surface area contributed by atoms with E-state index in [-0.39, 0.29) is 5.91 Å². The lowest BCUT2D eigenvalue weighted by Crippen LogP contribution is -2.43. The number of benzene rings is 1. The quantitative estimate of drug-likeness (QED) is 0.907. The molecular formula is C16H19N3O. The molecule has 0 atom stereocenters. The summed E-state index contributed by atoms with van der Waals surface area (Å²) >= 11 is 0. The predicted octanol–water partition coefficient (Wildman–Crippen LogP) is 2.06. The number of carbonyl (C=O) groups is 1. The summed E-state index contributed by atoms with van der Waals surface area (Å²) in [7, 11) is 1.91. The molecule has 1 fully saturated rings. The number of carbonyl (C=O) groups excluding carboxylic acids is 1.